The molecule has 7 heteroatoms. The molecular weight excluding hydrogens is 306 g/mol. The van der Waals surface area contributed by atoms with Crippen molar-refractivity contribution in [3.8, 4) is 34.0 Å². The lowest BCUT2D eigenvalue weighted by atomic mass is 10.1. The minimum Gasteiger partial charge on any atom is -0.493 e. The van der Waals surface area contributed by atoms with E-state index in [-0.39, 0.29) is 0 Å². The Bertz CT molecular complexity index is 992. The lowest BCUT2D eigenvalue weighted by Gasteiger charge is -2.08. The zero-order valence-corrected chi connectivity index (χ0v) is 13.2. The largest absolute Gasteiger partial charge is 0.493 e. The van der Waals surface area contributed by atoms with Crippen LogP contribution in [-0.4, -0.2) is 39.6 Å². The summed E-state index contributed by atoms with van der Waals surface area (Å²) in [6.07, 6.45) is 3.53. The van der Waals surface area contributed by atoms with Gasteiger partial charge in [-0.3, -0.25) is 10.2 Å². The smallest absolute Gasteiger partial charge is 0.182 e. The van der Waals surface area contributed by atoms with Crippen molar-refractivity contribution in [3.63, 3.8) is 0 Å². The summed E-state index contributed by atoms with van der Waals surface area (Å²) < 4.78 is 10.7. The van der Waals surface area contributed by atoms with Gasteiger partial charge >= 0.3 is 0 Å². The van der Waals surface area contributed by atoms with Crippen molar-refractivity contribution in [2.24, 2.45) is 0 Å². The van der Waals surface area contributed by atoms with E-state index in [0.29, 0.717) is 17.1 Å². The highest BCUT2D eigenvalue weighted by Crippen LogP contribution is 2.34. The van der Waals surface area contributed by atoms with Crippen LogP contribution in [0.4, 0.5) is 0 Å². The highest BCUT2D eigenvalue weighted by atomic mass is 16.5. The minimum absolute atomic E-state index is 0.651. The number of pyridine rings is 1. The van der Waals surface area contributed by atoms with Crippen molar-refractivity contribution in [2.75, 3.05) is 14.2 Å². The standard InChI is InChI=1S/C17H15N5O2/c1-23-14-6-3-10(7-15(14)24-2)16-12-4-5-13(11-8-18-19-9-11)20-17(12)22-21-16/h3-9H,1-2H3,(H,18,19)(H,20,21,22). The van der Waals surface area contributed by atoms with Gasteiger partial charge in [0, 0.05) is 22.7 Å². The fraction of sp³-hybridized carbons (Fsp3) is 0.118. The van der Waals surface area contributed by atoms with Crippen LogP contribution >= 0.6 is 0 Å². The zero-order chi connectivity index (χ0) is 16.5. The molecule has 0 spiro atoms. The molecule has 0 saturated carbocycles. The van der Waals surface area contributed by atoms with Crippen molar-refractivity contribution in [3.05, 3.63) is 42.7 Å². The molecule has 0 aliphatic heterocycles. The highest BCUT2D eigenvalue weighted by molar-refractivity contribution is 5.92. The number of hydrogen-bond donors (Lipinski definition) is 2. The van der Waals surface area contributed by atoms with Crippen LogP contribution in [0.3, 0.4) is 0 Å². The van der Waals surface area contributed by atoms with Crippen LogP contribution in [0, 0.1) is 0 Å². The number of aromatic amines is 2. The SMILES string of the molecule is COc1ccc(-c2[nH]nc3nc(-c4cn[nH]c4)ccc23)cc1OC. The van der Waals surface area contributed by atoms with Gasteiger partial charge in [0.25, 0.3) is 0 Å². The fourth-order valence-electron chi connectivity index (χ4n) is 2.66. The average Bonchev–Trinajstić information content (AvgIpc) is 3.30. The summed E-state index contributed by atoms with van der Waals surface area (Å²) in [4.78, 5) is 4.58. The Morgan fingerprint density at radius 2 is 1.83 bits per heavy atom. The number of nitrogens with zero attached hydrogens (tertiary/aromatic N) is 3. The Morgan fingerprint density at radius 3 is 2.58 bits per heavy atom. The summed E-state index contributed by atoms with van der Waals surface area (Å²) in [5, 5.41) is 15.1. The fourth-order valence-corrected chi connectivity index (χ4v) is 2.66. The molecule has 0 atom stereocenters. The predicted molar refractivity (Wildman–Crippen MR) is 90.0 cm³/mol. The van der Waals surface area contributed by atoms with Crippen LogP contribution in [0.15, 0.2) is 42.7 Å². The molecular formula is C17H15N5O2. The van der Waals surface area contributed by atoms with Gasteiger partial charge in [0.1, 0.15) is 0 Å². The van der Waals surface area contributed by atoms with E-state index in [1.165, 1.54) is 0 Å². The molecule has 7 nitrogen and oxygen atoms in total. The van der Waals surface area contributed by atoms with Crippen molar-refractivity contribution >= 4 is 11.0 Å². The first kappa shape index (κ1) is 14.3. The summed E-state index contributed by atoms with van der Waals surface area (Å²) in [5.74, 6) is 1.35. The van der Waals surface area contributed by atoms with E-state index >= 15 is 0 Å². The molecule has 0 fully saturated rings. The summed E-state index contributed by atoms with van der Waals surface area (Å²) >= 11 is 0. The first-order chi connectivity index (χ1) is 11.8. The third kappa shape index (κ3) is 2.26. The van der Waals surface area contributed by atoms with Crippen LogP contribution < -0.4 is 9.47 Å². The number of fused-ring (bicyclic) bond motifs is 1. The van der Waals surface area contributed by atoms with Gasteiger partial charge in [-0.25, -0.2) is 4.98 Å². The first-order valence-corrected chi connectivity index (χ1v) is 7.37. The second-order valence-electron chi connectivity index (χ2n) is 5.22. The maximum Gasteiger partial charge on any atom is 0.182 e. The molecule has 3 aromatic heterocycles. The van der Waals surface area contributed by atoms with Crippen LogP contribution in [-0.2, 0) is 0 Å². The van der Waals surface area contributed by atoms with E-state index in [4.69, 9.17) is 9.47 Å². The molecule has 120 valence electrons. The van der Waals surface area contributed by atoms with Gasteiger partial charge in [-0.15, -0.1) is 0 Å². The lowest BCUT2D eigenvalue weighted by Crippen LogP contribution is -1.91. The average molecular weight is 321 g/mol. The van der Waals surface area contributed by atoms with E-state index in [2.05, 4.69) is 25.4 Å². The van der Waals surface area contributed by atoms with Crippen molar-refractivity contribution < 1.29 is 9.47 Å². The molecule has 4 aromatic rings. The second-order valence-corrected chi connectivity index (χ2v) is 5.22. The second kappa shape index (κ2) is 5.69. The number of benzene rings is 1. The number of aromatic nitrogens is 5. The number of methoxy groups -OCH3 is 2. The summed E-state index contributed by atoms with van der Waals surface area (Å²) in [6, 6.07) is 9.69. The Morgan fingerprint density at radius 1 is 0.958 bits per heavy atom. The number of rotatable bonds is 4. The third-order valence-corrected chi connectivity index (χ3v) is 3.88. The molecule has 0 bridgehead atoms. The normalized spacial score (nSPS) is 10.9. The Labute approximate surface area is 137 Å². The quantitative estimate of drug-likeness (QED) is 0.603. The lowest BCUT2D eigenvalue weighted by molar-refractivity contribution is 0.355. The van der Waals surface area contributed by atoms with Gasteiger partial charge in [0.15, 0.2) is 17.1 Å². The van der Waals surface area contributed by atoms with Crippen molar-refractivity contribution in [2.45, 2.75) is 0 Å². The zero-order valence-electron chi connectivity index (χ0n) is 13.2. The molecule has 3 heterocycles. The summed E-state index contributed by atoms with van der Waals surface area (Å²) in [5.41, 5.74) is 4.23. The maximum atomic E-state index is 5.37. The van der Waals surface area contributed by atoms with Gasteiger partial charge in [-0.05, 0) is 30.3 Å². The molecule has 0 unspecified atom stereocenters. The van der Waals surface area contributed by atoms with E-state index in [1.807, 2.05) is 30.3 Å². The van der Waals surface area contributed by atoms with Crippen LogP contribution in [0.25, 0.3) is 33.5 Å². The Hall–Kier alpha value is -3.35. The van der Waals surface area contributed by atoms with E-state index in [1.54, 1.807) is 26.6 Å². The first-order valence-electron chi connectivity index (χ1n) is 7.37. The van der Waals surface area contributed by atoms with Crippen LogP contribution in [0.5, 0.6) is 11.5 Å². The molecule has 24 heavy (non-hydrogen) atoms. The van der Waals surface area contributed by atoms with Gasteiger partial charge < -0.3 is 9.47 Å². The van der Waals surface area contributed by atoms with Crippen molar-refractivity contribution in [1.82, 2.24) is 25.4 Å². The maximum absolute atomic E-state index is 5.37. The van der Waals surface area contributed by atoms with Gasteiger partial charge in [0.05, 0.1) is 31.8 Å². The predicted octanol–water partition coefficient (Wildman–Crippen LogP) is 3.03. The number of ether oxygens (including phenoxy) is 2. The van der Waals surface area contributed by atoms with Crippen LogP contribution in [0.1, 0.15) is 0 Å². The molecule has 0 saturated heterocycles. The van der Waals surface area contributed by atoms with Gasteiger partial charge in [-0.1, -0.05) is 0 Å². The summed E-state index contributed by atoms with van der Waals surface area (Å²) in [6.45, 7) is 0. The number of H-pyrrole nitrogens is 2. The van der Waals surface area contributed by atoms with E-state index < -0.39 is 0 Å². The Balaban J connectivity index is 1.80. The topological polar surface area (TPSA) is 88.7 Å². The van der Waals surface area contributed by atoms with E-state index in [0.717, 1.165) is 27.9 Å². The molecule has 0 amide bonds. The highest BCUT2D eigenvalue weighted by Gasteiger charge is 2.13. The minimum atomic E-state index is 0.651. The van der Waals surface area contributed by atoms with E-state index in [9.17, 15) is 0 Å². The van der Waals surface area contributed by atoms with Crippen molar-refractivity contribution in [1.29, 1.82) is 0 Å². The number of nitrogens with one attached hydrogen (secondary N) is 2. The van der Waals surface area contributed by atoms with Gasteiger partial charge in [0.2, 0.25) is 0 Å². The molecule has 0 aliphatic carbocycles. The molecule has 0 aliphatic rings. The van der Waals surface area contributed by atoms with Gasteiger partial charge in [-0.2, -0.15) is 10.2 Å². The molecule has 1 aromatic carbocycles. The number of hydrogen-bond acceptors (Lipinski definition) is 5. The molecule has 2 N–H and O–H groups in total. The Kier molecular flexibility index (Phi) is 3.38. The summed E-state index contributed by atoms with van der Waals surface area (Å²) in [7, 11) is 3.23. The molecule has 4 rings (SSSR count). The van der Waals surface area contributed by atoms with Crippen LogP contribution in [0.2, 0.25) is 0 Å². The molecule has 0 radical (unpaired) electrons. The third-order valence-electron chi connectivity index (χ3n) is 3.88. The monoisotopic (exact) mass is 321 g/mol.